The first kappa shape index (κ1) is 86.8. The van der Waals surface area contributed by atoms with Crippen LogP contribution in [0, 0.1) is 35.5 Å². The molecule has 0 aromatic carbocycles. The van der Waals surface area contributed by atoms with Gasteiger partial charge in [0.25, 0.3) is 0 Å². The third kappa shape index (κ3) is 29.6. The van der Waals surface area contributed by atoms with Crippen molar-refractivity contribution >= 4 is 5.97 Å². The number of aliphatic hydroxyl groups is 17. The molecule has 0 aliphatic carbocycles. The van der Waals surface area contributed by atoms with Crippen LogP contribution in [0.4, 0.5) is 0 Å². The fourth-order valence-corrected chi connectivity index (χ4v) is 13.5. The molecule has 0 saturated carbocycles. The zero-order chi connectivity index (χ0) is 71.6. The molecular formula is C72H131NO22. The zero-order valence-electron chi connectivity index (χ0n) is 59.3. The van der Waals surface area contributed by atoms with E-state index >= 15 is 0 Å². The Balaban J connectivity index is 1.85. The molecule has 17 N–H and O–H groups in total. The van der Waals surface area contributed by atoms with E-state index in [2.05, 4.69) is 6.92 Å². The molecule has 29 atom stereocenters. The third-order valence-electron chi connectivity index (χ3n) is 20.7. The minimum Gasteiger partial charge on any atom is -0.458 e. The molecule has 3 heterocycles. The van der Waals surface area contributed by atoms with Gasteiger partial charge in [0.15, 0.2) is 12.1 Å². The van der Waals surface area contributed by atoms with E-state index in [1.807, 2.05) is 0 Å². The monoisotopic (exact) mass is 1360 g/mol. The van der Waals surface area contributed by atoms with Gasteiger partial charge in [-0.3, -0.25) is 4.79 Å². The number of aliphatic hydroxyl groups excluding tert-OH is 16. The number of carbonyl (C=O) groups excluding carboxylic acids is 1. The molecule has 23 heteroatoms. The van der Waals surface area contributed by atoms with Gasteiger partial charge in [-0.15, -0.1) is 0 Å². The number of allylic oxidation sites excluding steroid dienone is 2. The normalized spacial score (nSPS) is 44.7. The molecule has 25 unspecified atom stereocenters. The van der Waals surface area contributed by atoms with Crippen molar-refractivity contribution in [2.24, 2.45) is 35.5 Å². The van der Waals surface area contributed by atoms with Crippen LogP contribution in [-0.2, 0) is 23.7 Å². The maximum absolute atomic E-state index is 13.7. The fraction of sp³-hybridized carbons (Fsp3) is 0.875. The van der Waals surface area contributed by atoms with Gasteiger partial charge in [-0.2, -0.15) is 0 Å². The average molecular weight is 1360 g/mol. The van der Waals surface area contributed by atoms with Gasteiger partial charge < -0.3 is 111 Å². The Morgan fingerprint density at radius 2 is 1.18 bits per heavy atom. The van der Waals surface area contributed by atoms with Crippen LogP contribution < -0.4 is 0 Å². The summed E-state index contributed by atoms with van der Waals surface area (Å²) < 4.78 is 24.5. The molecule has 0 amide bonds. The summed E-state index contributed by atoms with van der Waals surface area (Å²) in [5.41, 5.74) is 1.00. The summed E-state index contributed by atoms with van der Waals surface area (Å²) in [7, 11) is 3.40. The molecule has 0 aromatic heterocycles. The Bertz CT molecular complexity index is 2240. The molecule has 2 bridgehead atoms. The van der Waals surface area contributed by atoms with Gasteiger partial charge in [-0.1, -0.05) is 97.6 Å². The summed E-state index contributed by atoms with van der Waals surface area (Å²) >= 11 is 0. The van der Waals surface area contributed by atoms with Crippen LogP contribution in [0.15, 0.2) is 47.6 Å². The molecule has 3 aliphatic rings. The highest BCUT2D eigenvalue weighted by molar-refractivity contribution is 5.71. The Hall–Kier alpha value is -2.41. The van der Waals surface area contributed by atoms with Crippen LogP contribution in [0.1, 0.15) is 210 Å². The summed E-state index contributed by atoms with van der Waals surface area (Å²) in [6, 6.07) is -0.781. The maximum atomic E-state index is 13.7. The van der Waals surface area contributed by atoms with E-state index in [0.29, 0.717) is 36.8 Å². The SMILES string of the molecule is CCCCCCC1/C=C(/C)C(O)CC(O)CCCC(O)C(C)C(O)C/C=C/C=C(\C)C(O)C(C)C2CC(O[C@@H]3O[C@H](C)[C@@H](O)C(N(C)C)[C@H]3O)C(C)C(O)(CC(=O)OC(C)/C=C/C(O)CC(O)CCCC(O)C(C)C(O)CCC(C)C(O)CC(O)CC(O)CCC(O)C1O)O2. The molecule has 556 valence electrons. The fourth-order valence-electron chi connectivity index (χ4n) is 13.5. The predicted molar refractivity (Wildman–Crippen MR) is 361 cm³/mol. The Morgan fingerprint density at radius 1 is 0.589 bits per heavy atom. The lowest BCUT2D eigenvalue weighted by Crippen LogP contribution is -2.64. The average Bonchev–Trinajstić information content (AvgIpc) is 0.770. The van der Waals surface area contributed by atoms with E-state index < -0.39 is 182 Å². The van der Waals surface area contributed by atoms with Crippen LogP contribution in [0.5, 0.6) is 0 Å². The Kier molecular flexibility index (Phi) is 39.7. The highest BCUT2D eigenvalue weighted by atomic mass is 16.7. The van der Waals surface area contributed by atoms with Crippen molar-refractivity contribution in [3.63, 3.8) is 0 Å². The van der Waals surface area contributed by atoms with Gasteiger partial charge in [-0.05, 0) is 155 Å². The molecule has 95 heavy (non-hydrogen) atoms. The van der Waals surface area contributed by atoms with Crippen LogP contribution in [-0.4, -0.2) is 252 Å². The number of likely N-dealkylation sites (N-methyl/N-ethyl adjacent to an activating group) is 1. The first-order chi connectivity index (χ1) is 44.5. The lowest BCUT2D eigenvalue weighted by molar-refractivity contribution is -0.351. The number of cyclic esters (lactones) is 1. The minimum absolute atomic E-state index is 0.0123. The largest absolute Gasteiger partial charge is 0.458 e. The van der Waals surface area contributed by atoms with Crippen LogP contribution >= 0.6 is 0 Å². The summed E-state index contributed by atoms with van der Waals surface area (Å²) in [6.07, 6.45) is -6.51. The quantitative estimate of drug-likeness (QED) is 0.0917. The van der Waals surface area contributed by atoms with E-state index in [0.717, 1.165) is 25.7 Å². The number of fused-ring (bicyclic) bond motifs is 2. The van der Waals surface area contributed by atoms with Gasteiger partial charge in [0.2, 0.25) is 0 Å². The van der Waals surface area contributed by atoms with E-state index in [1.165, 1.54) is 12.2 Å². The summed E-state index contributed by atoms with van der Waals surface area (Å²) in [6.45, 7) is 17.2. The van der Waals surface area contributed by atoms with Crippen LogP contribution in [0.2, 0.25) is 0 Å². The molecule has 23 nitrogen and oxygen atoms in total. The molecule has 2 fully saturated rings. The Morgan fingerprint density at radius 3 is 1.80 bits per heavy atom. The third-order valence-corrected chi connectivity index (χ3v) is 20.7. The van der Waals surface area contributed by atoms with E-state index in [1.54, 1.807) is 106 Å². The lowest BCUT2D eigenvalue weighted by Gasteiger charge is -2.50. The van der Waals surface area contributed by atoms with Crippen molar-refractivity contribution in [1.29, 1.82) is 0 Å². The van der Waals surface area contributed by atoms with Gasteiger partial charge in [0, 0.05) is 48.9 Å². The molecule has 0 aromatic rings. The molecule has 2 saturated heterocycles. The van der Waals surface area contributed by atoms with Crippen molar-refractivity contribution in [3.05, 3.63) is 47.6 Å². The van der Waals surface area contributed by atoms with E-state index in [9.17, 15) is 91.6 Å². The van der Waals surface area contributed by atoms with Crippen molar-refractivity contribution in [1.82, 2.24) is 4.90 Å². The summed E-state index contributed by atoms with van der Waals surface area (Å²) in [4.78, 5) is 15.4. The maximum Gasteiger partial charge on any atom is 0.311 e. The first-order valence-electron chi connectivity index (χ1n) is 35.7. The van der Waals surface area contributed by atoms with Gasteiger partial charge >= 0.3 is 5.97 Å². The van der Waals surface area contributed by atoms with E-state index in [-0.39, 0.29) is 89.4 Å². The standard InChI is InChI=1S/C72H131NO22/c1-13-14-15-16-22-50-34-43(4)62(85)37-52(75)24-20-27-57(80)45(6)56(79)25-18-17-21-42(3)67(87)47(8)63-39-64(94-71-70(90)66(73(11)12)68(88)49(10)93-71)48(9)72(91,95-63)40-65(86)92-44(5)29-30-53(76)35-51(74)23-19-26-58(81)46(7)59(82)32-28-41(2)61(84)38-55(78)36-54(77)31-33-60(83)69(50)89/h17-18,21,29-30,34,41,44-64,66-71,74-85,87-91H,13-16,19-20,22-28,31-33,35-40H2,1-12H3/b18-17+,30-29+,42-21+,43-34-/t41?,44?,45?,46?,47?,48?,49-,50?,51?,52?,53?,54?,55?,56?,57?,58?,59?,60?,61?,62?,63?,64?,66?,67?,68-,69?,70-,71+,72?/m1/s1. The second kappa shape index (κ2) is 43.4. The first-order valence-corrected chi connectivity index (χ1v) is 35.7. The predicted octanol–water partition coefficient (Wildman–Crippen LogP) is 4.26. The number of hydrogen-bond donors (Lipinski definition) is 17. The topological polar surface area (TPSA) is 401 Å². The number of nitrogens with zero attached hydrogens (tertiary/aromatic N) is 1. The Labute approximate surface area is 567 Å². The van der Waals surface area contributed by atoms with Crippen molar-refractivity contribution < 1.29 is 111 Å². The molecule has 0 spiro atoms. The molecule has 0 radical (unpaired) electrons. The number of rotatable bonds is 8. The number of esters is 1. The summed E-state index contributed by atoms with van der Waals surface area (Å²) in [5.74, 6) is -6.87. The number of ether oxygens (including phenoxy) is 4. The molecular weight excluding hydrogens is 1230 g/mol. The van der Waals surface area contributed by atoms with E-state index in [4.69, 9.17) is 18.9 Å². The van der Waals surface area contributed by atoms with Crippen molar-refractivity contribution in [3.8, 4) is 0 Å². The van der Waals surface area contributed by atoms with Crippen molar-refractivity contribution in [2.75, 3.05) is 14.1 Å². The highest BCUT2D eigenvalue weighted by Crippen LogP contribution is 2.42. The number of unbranched alkanes of at least 4 members (excludes halogenated alkanes) is 3. The minimum atomic E-state index is -2.26. The summed E-state index contributed by atoms with van der Waals surface area (Å²) in [5, 5.41) is 190. The second-order valence-electron chi connectivity index (χ2n) is 29.2. The second-order valence-corrected chi connectivity index (χ2v) is 29.2. The lowest BCUT2D eigenvalue weighted by atomic mass is 9.80. The highest BCUT2D eigenvalue weighted by Gasteiger charge is 2.53. The van der Waals surface area contributed by atoms with Gasteiger partial charge in [0.1, 0.15) is 12.2 Å². The van der Waals surface area contributed by atoms with Gasteiger partial charge in [0.05, 0.1) is 122 Å². The molecule has 3 aliphatic heterocycles. The van der Waals surface area contributed by atoms with Crippen molar-refractivity contribution in [2.45, 2.75) is 351 Å². The van der Waals surface area contributed by atoms with Gasteiger partial charge in [-0.25, -0.2) is 0 Å². The van der Waals surface area contributed by atoms with Crippen LogP contribution in [0.3, 0.4) is 0 Å². The number of carbonyl (C=O) groups is 1. The van der Waals surface area contributed by atoms with Crippen LogP contribution in [0.25, 0.3) is 0 Å². The molecule has 3 rings (SSSR count). The zero-order valence-corrected chi connectivity index (χ0v) is 59.3. The number of hydrogen-bond acceptors (Lipinski definition) is 23. The smallest absolute Gasteiger partial charge is 0.311 e.